The SMILES string of the molecule is N#CC1=C(N)OC2=C(C(=O)CCC2)C1c1ccc(OCc2cccc([N+](=O)[O-])c2)c(Cl)c1. The molecule has 1 unspecified atom stereocenters. The van der Waals surface area contributed by atoms with E-state index in [4.69, 9.17) is 26.8 Å². The average Bonchev–Trinajstić information content (AvgIpc) is 2.77. The normalized spacial score (nSPS) is 18.0. The van der Waals surface area contributed by atoms with Crippen LogP contribution < -0.4 is 10.5 Å². The van der Waals surface area contributed by atoms with Crippen molar-refractivity contribution < 1.29 is 19.2 Å². The molecular formula is C23H18ClN3O5. The highest BCUT2D eigenvalue weighted by Gasteiger charge is 2.38. The average molecular weight is 452 g/mol. The first-order valence-corrected chi connectivity index (χ1v) is 10.3. The van der Waals surface area contributed by atoms with E-state index in [-0.39, 0.29) is 34.6 Å². The summed E-state index contributed by atoms with van der Waals surface area (Å²) in [5.74, 6) is 0.144. The van der Waals surface area contributed by atoms with Gasteiger partial charge in [0.15, 0.2) is 5.78 Å². The van der Waals surface area contributed by atoms with E-state index in [0.717, 1.165) is 0 Å². The molecule has 162 valence electrons. The van der Waals surface area contributed by atoms with E-state index >= 15 is 0 Å². The number of nitro benzene ring substituents is 1. The molecule has 2 aromatic rings. The highest BCUT2D eigenvalue weighted by Crippen LogP contribution is 2.44. The smallest absolute Gasteiger partial charge is 0.269 e. The number of carbonyl (C=O) groups is 1. The zero-order valence-corrected chi connectivity index (χ0v) is 17.6. The van der Waals surface area contributed by atoms with Crippen LogP contribution >= 0.6 is 11.6 Å². The summed E-state index contributed by atoms with van der Waals surface area (Å²) in [6.07, 6.45) is 1.63. The number of halogens is 1. The maximum Gasteiger partial charge on any atom is 0.269 e. The van der Waals surface area contributed by atoms with Crippen LogP contribution in [-0.4, -0.2) is 10.7 Å². The first-order chi connectivity index (χ1) is 15.4. The summed E-state index contributed by atoms with van der Waals surface area (Å²) in [7, 11) is 0. The van der Waals surface area contributed by atoms with Gasteiger partial charge in [-0.3, -0.25) is 14.9 Å². The number of nitriles is 1. The molecule has 0 fully saturated rings. The zero-order valence-electron chi connectivity index (χ0n) is 16.8. The predicted octanol–water partition coefficient (Wildman–Crippen LogP) is 4.64. The Morgan fingerprint density at radius 3 is 2.81 bits per heavy atom. The molecule has 8 nitrogen and oxygen atoms in total. The lowest BCUT2D eigenvalue weighted by atomic mass is 9.77. The number of rotatable bonds is 5. The van der Waals surface area contributed by atoms with Gasteiger partial charge >= 0.3 is 0 Å². The molecule has 0 radical (unpaired) electrons. The molecular weight excluding hydrogens is 434 g/mol. The Morgan fingerprint density at radius 1 is 1.28 bits per heavy atom. The van der Waals surface area contributed by atoms with Crippen LogP contribution in [0.5, 0.6) is 5.75 Å². The van der Waals surface area contributed by atoms with Crippen molar-refractivity contribution in [2.45, 2.75) is 31.8 Å². The number of benzene rings is 2. The van der Waals surface area contributed by atoms with Gasteiger partial charge in [-0.2, -0.15) is 5.26 Å². The van der Waals surface area contributed by atoms with Crippen LogP contribution in [0.2, 0.25) is 5.02 Å². The Balaban J connectivity index is 1.62. The number of nitro groups is 1. The van der Waals surface area contributed by atoms with Gasteiger partial charge in [-0.15, -0.1) is 0 Å². The molecule has 1 aliphatic heterocycles. The van der Waals surface area contributed by atoms with Crippen molar-refractivity contribution >= 4 is 23.1 Å². The molecule has 32 heavy (non-hydrogen) atoms. The fourth-order valence-corrected chi connectivity index (χ4v) is 4.17. The minimum absolute atomic E-state index is 0.00642. The van der Waals surface area contributed by atoms with Gasteiger partial charge in [0.2, 0.25) is 5.88 Å². The second kappa shape index (κ2) is 8.73. The third kappa shape index (κ3) is 4.03. The van der Waals surface area contributed by atoms with Crippen LogP contribution in [0.1, 0.15) is 36.3 Å². The van der Waals surface area contributed by atoms with E-state index in [9.17, 15) is 20.2 Å². The molecule has 0 saturated heterocycles. The second-order valence-electron chi connectivity index (χ2n) is 7.44. The van der Waals surface area contributed by atoms with Crippen molar-refractivity contribution in [2.24, 2.45) is 5.73 Å². The Hall–Kier alpha value is -3.83. The van der Waals surface area contributed by atoms with Crippen LogP contribution in [0, 0.1) is 21.4 Å². The number of hydrogen-bond acceptors (Lipinski definition) is 7. The zero-order chi connectivity index (χ0) is 22.8. The van der Waals surface area contributed by atoms with Gasteiger partial charge in [-0.1, -0.05) is 29.8 Å². The summed E-state index contributed by atoms with van der Waals surface area (Å²) in [4.78, 5) is 23.1. The molecule has 1 atom stereocenters. The van der Waals surface area contributed by atoms with Gasteiger partial charge < -0.3 is 15.2 Å². The topological polar surface area (TPSA) is 128 Å². The number of nitrogens with zero attached hydrogens (tertiary/aromatic N) is 2. The Morgan fingerprint density at radius 2 is 2.09 bits per heavy atom. The quantitative estimate of drug-likeness (QED) is 0.517. The largest absolute Gasteiger partial charge is 0.487 e. The van der Waals surface area contributed by atoms with Gasteiger partial charge in [0, 0.05) is 30.5 Å². The number of hydrogen-bond donors (Lipinski definition) is 1. The summed E-state index contributed by atoms with van der Waals surface area (Å²) >= 11 is 6.44. The van der Waals surface area contributed by atoms with Gasteiger partial charge in [0.1, 0.15) is 29.8 Å². The Bertz CT molecular complexity index is 1230. The van der Waals surface area contributed by atoms with Crippen LogP contribution in [-0.2, 0) is 16.1 Å². The summed E-state index contributed by atoms with van der Waals surface area (Å²) in [6, 6.07) is 13.2. The van der Waals surface area contributed by atoms with Crippen LogP contribution in [0.15, 0.2) is 65.3 Å². The van der Waals surface area contributed by atoms with Crippen LogP contribution in [0.3, 0.4) is 0 Å². The lowest BCUT2D eigenvalue weighted by molar-refractivity contribution is -0.384. The first kappa shape index (κ1) is 21.4. The van der Waals surface area contributed by atoms with E-state index < -0.39 is 10.8 Å². The molecule has 2 aliphatic rings. The maximum atomic E-state index is 12.7. The molecule has 2 aromatic carbocycles. The molecule has 2 N–H and O–H groups in total. The number of ketones is 1. The van der Waals surface area contributed by atoms with Crippen molar-refractivity contribution in [3.05, 3.63) is 91.5 Å². The predicted molar refractivity (Wildman–Crippen MR) is 115 cm³/mol. The van der Waals surface area contributed by atoms with E-state index in [2.05, 4.69) is 6.07 Å². The number of ether oxygens (including phenoxy) is 2. The van der Waals surface area contributed by atoms with E-state index in [1.807, 2.05) is 0 Å². The highest BCUT2D eigenvalue weighted by molar-refractivity contribution is 6.32. The molecule has 9 heteroatoms. The molecule has 0 bridgehead atoms. The van der Waals surface area contributed by atoms with Crippen molar-refractivity contribution in [2.75, 3.05) is 0 Å². The number of nitrogens with two attached hydrogens (primary N) is 1. The molecule has 0 saturated carbocycles. The molecule has 0 amide bonds. The first-order valence-electron chi connectivity index (χ1n) is 9.88. The van der Waals surface area contributed by atoms with Gasteiger partial charge in [0.25, 0.3) is 5.69 Å². The van der Waals surface area contributed by atoms with E-state index in [1.165, 1.54) is 12.1 Å². The van der Waals surface area contributed by atoms with E-state index in [1.54, 1.807) is 30.3 Å². The van der Waals surface area contributed by atoms with Gasteiger partial charge in [0.05, 0.1) is 15.9 Å². The molecule has 1 heterocycles. The molecule has 0 spiro atoms. The van der Waals surface area contributed by atoms with Crippen molar-refractivity contribution in [3.8, 4) is 11.8 Å². The fraction of sp³-hybridized carbons (Fsp3) is 0.217. The monoisotopic (exact) mass is 451 g/mol. The standard InChI is InChI=1S/C23H18ClN3O5/c24-17-10-14(7-8-19(17)31-12-13-3-1-4-15(9-13)27(29)30)21-16(11-25)23(26)32-20-6-2-5-18(28)22(20)21/h1,3-4,7-10,21H,2,5-6,12,26H2. The lowest BCUT2D eigenvalue weighted by Crippen LogP contribution is -2.27. The van der Waals surface area contributed by atoms with Crippen molar-refractivity contribution in [3.63, 3.8) is 0 Å². The van der Waals surface area contributed by atoms with Crippen LogP contribution in [0.4, 0.5) is 5.69 Å². The second-order valence-corrected chi connectivity index (χ2v) is 7.85. The number of Topliss-reactive ketones (excluding diaryl/α,β-unsaturated/α-hetero) is 1. The maximum absolute atomic E-state index is 12.7. The molecule has 0 aromatic heterocycles. The van der Waals surface area contributed by atoms with Crippen molar-refractivity contribution in [1.82, 2.24) is 0 Å². The fourth-order valence-electron chi connectivity index (χ4n) is 3.92. The summed E-state index contributed by atoms with van der Waals surface area (Å²) < 4.78 is 11.3. The molecule has 4 rings (SSSR count). The Labute approximate surface area is 188 Å². The Kier molecular flexibility index (Phi) is 5.84. The van der Waals surface area contributed by atoms with Gasteiger partial charge in [-0.05, 0) is 29.7 Å². The summed E-state index contributed by atoms with van der Waals surface area (Å²) in [6.45, 7) is 0.0854. The van der Waals surface area contributed by atoms with E-state index in [0.29, 0.717) is 47.5 Å². The summed E-state index contributed by atoms with van der Waals surface area (Å²) in [5, 5.41) is 20.9. The third-order valence-corrected chi connectivity index (χ3v) is 5.71. The van der Waals surface area contributed by atoms with Crippen molar-refractivity contribution in [1.29, 1.82) is 5.26 Å². The van der Waals surface area contributed by atoms with Gasteiger partial charge in [-0.25, -0.2) is 0 Å². The highest BCUT2D eigenvalue weighted by atomic mass is 35.5. The number of allylic oxidation sites excluding steroid dienone is 3. The lowest BCUT2D eigenvalue weighted by Gasteiger charge is -2.31. The van der Waals surface area contributed by atoms with Crippen LogP contribution in [0.25, 0.3) is 0 Å². The number of carbonyl (C=O) groups excluding carboxylic acids is 1. The minimum Gasteiger partial charge on any atom is -0.487 e. The summed E-state index contributed by atoms with van der Waals surface area (Å²) in [5.41, 5.74) is 7.80. The number of non-ortho nitro benzene ring substituents is 1. The molecule has 1 aliphatic carbocycles. The minimum atomic E-state index is -0.653. The third-order valence-electron chi connectivity index (χ3n) is 5.41.